The second-order valence-corrected chi connectivity index (χ2v) is 3.77. The molecule has 1 heterocycles. The average molecular weight is 241 g/mol. The van der Waals surface area contributed by atoms with E-state index in [2.05, 4.69) is 28.9 Å². The van der Waals surface area contributed by atoms with Crippen molar-refractivity contribution in [1.29, 1.82) is 0 Å². The smallest absolute Gasteiger partial charge is 0.189 e. The van der Waals surface area contributed by atoms with Crippen LogP contribution in [0.3, 0.4) is 0 Å². The molecule has 0 unspecified atom stereocenters. The van der Waals surface area contributed by atoms with Gasteiger partial charge in [0.05, 0.1) is 0 Å². The first-order valence-corrected chi connectivity index (χ1v) is 5.52. The Morgan fingerprint density at radius 3 is 2.53 bits per heavy atom. The van der Waals surface area contributed by atoms with Gasteiger partial charge in [-0.25, -0.2) is 4.98 Å². The molecule has 15 heavy (non-hydrogen) atoms. The molecule has 0 fully saturated rings. The molecular formula is C11H13ClN2S. The van der Waals surface area contributed by atoms with E-state index in [1.54, 1.807) is 11.3 Å². The summed E-state index contributed by atoms with van der Waals surface area (Å²) in [6, 6.07) is 10.3. The Morgan fingerprint density at radius 2 is 2.00 bits per heavy atom. The molecule has 0 bridgehead atoms. The number of aromatic nitrogens is 1. The van der Waals surface area contributed by atoms with Gasteiger partial charge in [-0.3, -0.25) is 0 Å². The maximum absolute atomic E-state index is 4.31. The van der Waals surface area contributed by atoms with Gasteiger partial charge < -0.3 is 4.90 Å². The second kappa shape index (κ2) is 5.73. The molecule has 0 radical (unpaired) electrons. The van der Waals surface area contributed by atoms with Crippen molar-refractivity contribution in [3.63, 3.8) is 0 Å². The predicted octanol–water partition coefficient (Wildman–Crippen LogP) is 3.72. The van der Waals surface area contributed by atoms with E-state index in [9.17, 15) is 0 Å². The zero-order valence-corrected chi connectivity index (χ0v) is 10.1. The summed E-state index contributed by atoms with van der Waals surface area (Å²) in [5.74, 6) is 0. The minimum atomic E-state index is 0. The van der Waals surface area contributed by atoms with Gasteiger partial charge in [-0.05, 0) is 19.1 Å². The summed E-state index contributed by atoms with van der Waals surface area (Å²) in [5, 5.41) is 3.06. The van der Waals surface area contributed by atoms with Crippen LogP contribution in [0.25, 0.3) is 0 Å². The highest BCUT2D eigenvalue weighted by molar-refractivity contribution is 7.13. The number of benzene rings is 1. The van der Waals surface area contributed by atoms with E-state index >= 15 is 0 Å². The van der Waals surface area contributed by atoms with Gasteiger partial charge in [-0.15, -0.1) is 23.7 Å². The van der Waals surface area contributed by atoms with E-state index < -0.39 is 0 Å². The van der Waals surface area contributed by atoms with Gasteiger partial charge in [0, 0.05) is 23.8 Å². The molecule has 0 saturated carbocycles. The average Bonchev–Trinajstić information content (AvgIpc) is 2.74. The van der Waals surface area contributed by atoms with Crippen LogP contribution in [-0.2, 0) is 0 Å². The van der Waals surface area contributed by atoms with Crippen LogP contribution in [0.4, 0.5) is 10.8 Å². The molecule has 2 nitrogen and oxygen atoms in total. The fourth-order valence-electron chi connectivity index (χ4n) is 1.39. The zero-order chi connectivity index (χ0) is 9.80. The molecule has 80 valence electrons. The monoisotopic (exact) mass is 240 g/mol. The highest BCUT2D eigenvalue weighted by atomic mass is 35.5. The second-order valence-electron chi connectivity index (χ2n) is 2.89. The van der Waals surface area contributed by atoms with Crippen molar-refractivity contribution in [3.8, 4) is 0 Å². The van der Waals surface area contributed by atoms with Crippen molar-refractivity contribution in [3.05, 3.63) is 41.9 Å². The lowest BCUT2D eigenvalue weighted by Gasteiger charge is -2.19. The summed E-state index contributed by atoms with van der Waals surface area (Å²) >= 11 is 1.67. The van der Waals surface area contributed by atoms with E-state index in [1.165, 1.54) is 5.69 Å². The molecule has 0 saturated heterocycles. The maximum Gasteiger partial charge on any atom is 0.189 e. The summed E-state index contributed by atoms with van der Waals surface area (Å²) in [6.45, 7) is 3.08. The lowest BCUT2D eigenvalue weighted by molar-refractivity contribution is 1.01. The Labute approximate surface area is 100.0 Å². The zero-order valence-electron chi connectivity index (χ0n) is 8.46. The molecule has 0 aliphatic heterocycles. The lowest BCUT2D eigenvalue weighted by Crippen LogP contribution is -2.15. The number of para-hydroxylation sites is 1. The van der Waals surface area contributed by atoms with Crippen LogP contribution in [0.5, 0.6) is 0 Å². The van der Waals surface area contributed by atoms with Gasteiger partial charge in [0.25, 0.3) is 0 Å². The highest BCUT2D eigenvalue weighted by Gasteiger charge is 2.07. The molecule has 1 aromatic heterocycles. The molecule has 0 aliphatic carbocycles. The molecule has 0 amide bonds. The van der Waals surface area contributed by atoms with Crippen LogP contribution in [-0.4, -0.2) is 11.5 Å². The predicted molar refractivity (Wildman–Crippen MR) is 68.5 cm³/mol. The normalized spacial score (nSPS) is 9.40. The third-order valence-corrected chi connectivity index (χ3v) is 2.83. The Bertz CT molecular complexity index is 375. The van der Waals surface area contributed by atoms with Gasteiger partial charge >= 0.3 is 0 Å². The Morgan fingerprint density at radius 1 is 1.27 bits per heavy atom. The van der Waals surface area contributed by atoms with Gasteiger partial charge in [0.1, 0.15) is 0 Å². The van der Waals surface area contributed by atoms with Crippen LogP contribution >= 0.6 is 23.7 Å². The third-order valence-electron chi connectivity index (χ3n) is 2.03. The molecule has 2 aromatic rings. The SMILES string of the molecule is CCN(c1ccccc1)c1nccs1.Cl. The van der Waals surface area contributed by atoms with Crippen molar-refractivity contribution in [2.45, 2.75) is 6.92 Å². The summed E-state index contributed by atoms with van der Waals surface area (Å²) in [6.07, 6.45) is 1.84. The van der Waals surface area contributed by atoms with Crippen molar-refractivity contribution in [2.24, 2.45) is 0 Å². The first-order chi connectivity index (χ1) is 6.92. The van der Waals surface area contributed by atoms with Gasteiger partial charge in [-0.1, -0.05) is 18.2 Å². The minimum Gasteiger partial charge on any atom is -0.318 e. The number of anilines is 2. The molecular weight excluding hydrogens is 228 g/mol. The number of hydrogen-bond acceptors (Lipinski definition) is 3. The van der Waals surface area contributed by atoms with Crippen molar-refractivity contribution in [1.82, 2.24) is 4.98 Å². The van der Waals surface area contributed by atoms with E-state index in [4.69, 9.17) is 0 Å². The summed E-state index contributed by atoms with van der Waals surface area (Å²) in [4.78, 5) is 6.51. The van der Waals surface area contributed by atoms with E-state index in [-0.39, 0.29) is 12.4 Å². The first-order valence-electron chi connectivity index (χ1n) is 4.64. The number of rotatable bonds is 3. The molecule has 0 N–H and O–H groups in total. The van der Waals surface area contributed by atoms with Crippen LogP contribution in [0.1, 0.15) is 6.92 Å². The number of halogens is 1. The van der Waals surface area contributed by atoms with Crippen molar-refractivity contribution < 1.29 is 0 Å². The molecule has 0 atom stereocenters. The Kier molecular flexibility index (Phi) is 4.59. The molecule has 4 heteroatoms. The molecule has 2 rings (SSSR count). The van der Waals surface area contributed by atoms with E-state index in [0.717, 1.165) is 11.7 Å². The summed E-state index contributed by atoms with van der Waals surface area (Å²) in [7, 11) is 0. The Hall–Kier alpha value is -1.06. The van der Waals surface area contributed by atoms with Crippen LogP contribution in [0.15, 0.2) is 41.9 Å². The van der Waals surface area contributed by atoms with E-state index in [0.29, 0.717) is 0 Å². The van der Waals surface area contributed by atoms with Crippen LogP contribution < -0.4 is 4.90 Å². The third kappa shape index (κ3) is 2.70. The largest absolute Gasteiger partial charge is 0.318 e. The lowest BCUT2D eigenvalue weighted by atomic mass is 10.3. The Balaban J connectivity index is 0.00000112. The highest BCUT2D eigenvalue weighted by Crippen LogP contribution is 2.25. The minimum absolute atomic E-state index is 0. The topological polar surface area (TPSA) is 16.1 Å². The van der Waals surface area contributed by atoms with Crippen molar-refractivity contribution >= 4 is 34.6 Å². The van der Waals surface area contributed by atoms with Gasteiger partial charge in [0.2, 0.25) is 0 Å². The fourth-order valence-corrected chi connectivity index (χ4v) is 2.11. The van der Waals surface area contributed by atoms with Gasteiger partial charge in [0.15, 0.2) is 5.13 Å². The van der Waals surface area contributed by atoms with Crippen LogP contribution in [0, 0.1) is 0 Å². The van der Waals surface area contributed by atoms with Crippen molar-refractivity contribution in [2.75, 3.05) is 11.4 Å². The van der Waals surface area contributed by atoms with Crippen LogP contribution in [0.2, 0.25) is 0 Å². The standard InChI is InChI=1S/C11H12N2S.ClH/c1-2-13(11-12-8-9-14-11)10-6-4-3-5-7-10;/h3-9H,2H2,1H3;1H. The number of nitrogens with zero attached hydrogens (tertiary/aromatic N) is 2. The van der Waals surface area contributed by atoms with Gasteiger partial charge in [-0.2, -0.15) is 0 Å². The quantitative estimate of drug-likeness (QED) is 0.813. The summed E-state index contributed by atoms with van der Waals surface area (Å²) < 4.78 is 0. The first kappa shape index (κ1) is 12.0. The summed E-state index contributed by atoms with van der Waals surface area (Å²) in [5.41, 5.74) is 1.20. The molecule has 0 aliphatic rings. The number of thiazole rings is 1. The number of hydrogen-bond donors (Lipinski definition) is 0. The van der Waals surface area contributed by atoms with E-state index in [1.807, 2.05) is 29.8 Å². The molecule has 0 spiro atoms. The molecule has 1 aromatic carbocycles. The fraction of sp³-hybridized carbons (Fsp3) is 0.182. The maximum atomic E-state index is 4.31.